The Morgan fingerprint density at radius 1 is 1.17 bits per heavy atom. The topological polar surface area (TPSA) is 129 Å². The van der Waals surface area contributed by atoms with E-state index in [4.69, 9.17) is 14.7 Å². The van der Waals surface area contributed by atoms with E-state index in [1.165, 1.54) is 4.90 Å². The highest BCUT2D eigenvalue weighted by atomic mass is 16.5. The van der Waals surface area contributed by atoms with Crippen LogP contribution < -0.4 is 16.0 Å². The predicted octanol–water partition coefficient (Wildman–Crippen LogP) is 3.11. The molecule has 1 atom stereocenters. The molecular weight excluding hydrogens is 534 g/mol. The minimum absolute atomic E-state index is 0.0437. The van der Waals surface area contributed by atoms with Crippen molar-refractivity contribution in [2.75, 3.05) is 56.3 Å². The molecule has 2 aromatic heterocycles. The van der Waals surface area contributed by atoms with Gasteiger partial charge in [-0.25, -0.2) is 0 Å². The molecule has 3 N–H and O–H groups in total. The monoisotopic (exact) mass is 575 g/mol. The second-order valence-electron chi connectivity index (χ2n) is 11.4. The summed E-state index contributed by atoms with van der Waals surface area (Å²) in [5, 5.41) is 14.6. The van der Waals surface area contributed by atoms with Gasteiger partial charge in [-0.05, 0) is 42.9 Å². The number of anilines is 3. The number of ether oxygens (including phenoxy) is 1. The van der Waals surface area contributed by atoms with Crippen molar-refractivity contribution in [1.29, 1.82) is 0 Å². The number of hydrogen-bond donors (Lipinski definition) is 3. The highest BCUT2D eigenvalue weighted by molar-refractivity contribution is 5.95. The molecule has 224 valence electrons. The van der Waals surface area contributed by atoms with Crippen LogP contribution in [0.25, 0.3) is 5.65 Å². The largest absolute Gasteiger partial charge is 0.381 e. The number of fused-ring (bicyclic) bond motifs is 1. The third-order valence-corrected chi connectivity index (χ3v) is 7.69. The van der Waals surface area contributed by atoms with Gasteiger partial charge in [0, 0.05) is 70.3 Å². The lowest BCUT2D eigenvalue weighted by atomic mass is 10.0. The van der Waals surface area contributed by atoms with E-state index in [1.54, 1.807) is 24.7 Å². The van der Waals surface area contributed by atoms with Crippen LogP contribution in [0.1, 0.15) is 50.2 Å². The van der Waals surface area contributed by atoms with Crippen molar-refractivity contribution in [2.45, 2.75) is 57.7 Å². The highest BCUT2D eigenvalue weighted by Crippen LogP contribution is 2.24. The normalized spacial score (nSPS) is 17.9. The minimum atomic E-state index is -0.211. The lowest BCUT2D eigenvalue weighted by Gasteiger charge is -2.39. The fourth-order valence-corrected chi connectivity index (χ4v) is 5.07. The fraction of sp³-hybridized carbons (Fsp3) is 0.500. The Morgan fingerprint density at radius 3 is 2.69 bits per heavy atom. The van der Waals surface area contributed by atoms with Gasteiger partial charge in [0.1, 0.15) is 0 Å². The lowest BCUT2D eigenvalue weighted by molar-refractivity contribution is -0.125. The van der Waals surface area contributed by atoms with Crippen molar-refractivity contribution in [3.05, 3.63) is 53.7 Å². The zero-order valence-corrected chi connectivity index (χ0v) is 24.8. The summed E-state index contributed by atoms with van der Waals surface area (Å²) in [5.41, 5.74) is 3.57. The molecule has 3 aromatic rings. The second kappa shape index (κ2) is 13.3. The number of hydrogen-bond acceptors (Lipinski definition) is 9. The van der Waals surface area contributed by atoms with Gasteiger partial charge >= 0.3 is 0 Å². The van der Waals surface area contributed by atoms with E-state index < -0.39 is 0 Å². The van der Waals surface area contributed by atoms with E-state index in [2.05, 4.69) is 39.8 Å². The Hall–Kier alpha value is -4.03. The van der Waals surface area contributed by atoms with Crippen LogP contribution in [0.2, 0.25) is 0 Å². The maximum absolute atomic E-state index is 13.0. The Morgan fingerprint density at radius 2 is 1.98 bits per heavy atom. The van der Waals surface area contributed by atoms with E-state index in [9.17, 15) is 9.59 Å². The molecule has 1 unspecified atom stereocenters. The molecule has 5 rings (SSSR count). The molecule has 0 aliphatic carbocycles. The molecule has 2 saturated heterocycles. The van der Waals surface area contributed by atoms with Gasteiger partial charge in [-0.2, -0.15) is 19.6 Å². The summed E-state index contributed by atoms with van der Waals surface area (Å²) < 4.78 is 7.25. The molecule has 12 heteroatoms. The van der Waals surface area contributed by atoms with Crippen LogP contribution in [0.4, 0.5) is 17.6 Å². The molecule has 42 heavy (non-hydrogen) atoms. The summed E-state index contributed by atoms with van der Waals surface area (Å²) >= 11 is 0. The maximum Gasteiger partial charge on any atom is 0.245 e. The van der Waals surface area contributed by atoms with Crippen LogP contribution in [-0.2, 0) is 20.9 Å². The number of carbonyl (C=O) groups is 2. The number of benzene rings is 1. The molecule has 2 aliphatic heterocycles. The molecule has 2 amide bonds. The predicted molar refractivity (Wildman–Crippen MR) is 163 cm³/mol. The summed E-state index contributed by atoms with van der Waals surface area (Å²) in [7, 11) is 3.43. The van der Waals surface area contributed by atoms with Gasteiger partial charge < -0.3 is 25.6 Å². The number of rotatable bonds is 11. The van der Waals surface area contributed by atoms with Gasteiger partial charge in [-0.1, -0.05) is 32.1 Å². The molecular formula is C30H41N9O3. The van der Waals surface area contributed by atoms with E-state index in [1.807, 2.05) is 36.5 Å². The number of nitrogens with zero attached hydrogens (tertiary/aromatic N) is 6. The van der Waals surface area contributed by atoms with E-state index >= 15 is 0 Å². The van der Waals surface area contributed by atoms with Gasteiger partial charge in [-0.15, -0.1) is 0 Å². The zero-order chi connectivity index (χ0) is 29.6. The van der Waals surface area contributed by atoms with E-state index in [0.717, 1.165) is 61.5 Å². The van der Waals surface area contributed by atoms with Gasteiger partial charge in [-0.3, -0.25) is 14.5 Å². The molecule has 0 radical (unpaired) electrons. The summed E-state index contributed by atoms with van der Waals surface area (Å²) in [6, 6.07) is 7.85. The summed E-state index contributed by atoms with van der Waals surface area (Å²) in [5.74, 6) is 1.33. The number of likely N-dealkylation sites (tertiary alicyclic amines) is 1. The first-order valence-electron chi connectivity index (χ1n) is 14.6. The smallest absolute Gasteiger partial charge is 0.245 e. The van der Waals surface area contributed by atoms with Crippen LogP contribution in [0.15, 0.2) is 42.6 Å². The number of carbonyl (C=O) groups excluding carboxylic acids is 2. The van der Waals surface area contributed by atoms with Gasteiger partial charge in [0.2, 0.25) is 23.7 Å². The average Bonchev–Trinajstić information content (AvgIpc) is 3.38. The number of aromatic nitrogens is 4. The van der Waals surface area contributed by atoms with Crippen molar-refractivity contribution in [3.8, 4) is 0 Å². The first-order chi connectivity index (χ1) is 20.3. The molecule has 0 saturated carbocycles. The fourth-order valence-electron chi connectivity index (χ4n) is 5.07. The van der Waals surface area contributed by atoms with Crippen molar-refractivity contribution in [1.82, 2.24) is 29.4 Å². The van der Waals surface area contributed by atoms with Gasteiger partial charge in [0.25, 0.3) is 0 Å². The quantitative estimate of drug-likeness (QED) is 0.295. The molecule has 4 heterocycles. The lowest BCUT2D eigenvalue weighted by Crippen LogP contribution is -2.54. The van der Waals surface area contributed by atoms with E-state index in [-0.39, 0.29) is 29.8 Å². The number of amides is 2. The second-order valence-corrected chi connectivity index (χ2v) is 11.4. The first kappa shape index (κ1) is 29.5. The van der Waals surface area contributed by atoms with Gasteiger partial charge in [0.05, 0.1) is 12.2 Å². The van der Waals surface area contributed by atoms with Crippen LogP contribution in [0.5, 0.6) is 0 Å². The van der Waals surface area contributed by atoms with Crippen molar-refractivity contribution < 1.29 is 14.3 Å². The standard InChI is InChI=1S/C30H41N9O3/c1-20(2)24-19-32-39-27(24)35-29(34-22-11-15-42-16-12-22)36-30(39)31-18-21-7-5-8-23(17-21)33-28(41)25-10-14-38(25)13-6-9-26(40)37(3)4/h5-9,17,19-20,22,25H,10-16,18H2,1-4H3,(H,33,41)(H2,31,34,35,36)/b9-6+. The molecule has 2 fully saturated rings. The van der Waals surface area contributed by atoms with Gasteiger partial charge in [0.15, 0.2) is 5.65 Å². The average molecular weight is 576 g/mol. The van der Waals surface area contributed by atoms with Crippen molar-refractivity contribution in [3.63, 3.8) is 0 Å². The molecule has 12 nitrogen and oxygen atoms in total. The third kappa shape index (κ3) is 7.05. The van der Waals surface area contributed by atoms with Crippen LogP contribution in [0, 0.1) is 0 Å². The maximum atomic E-state index is 13.0. The Balaban J connectivity index is 1.24. The molecule has 2 aliphatic rings. The zero-order valence-electron chi connectivity index (χ0n) is 24.8. The number of nitrogens with one attached hydrogen (secondary N) is 3. The summed E-state index contributed by atoms with van der Waals surface area (Å²) in [6.45, 7) is 7.60. The molecule has 1 aromatic carbocycles. The summed E-state index contributed by atoms with van der Waals surface area (Å²) in [4.78, 5) is 37.9. The van der Waals surface area contributed by atoms with Crippen molar-refractivity contribution >= 4 is 35.0 Å². The first-order valence-corrected chi connectivity index (χ1v) is 14.6. The molecule has 0 spiro atoms. The van der Waals surface area contributed by atoms with Crippen LogP contribution in [0.3, 0.4) is 0 Å². The Kier molecular flexibility index (Phi) is 9.33. The van der Waals surface area contributed by atoms with E-state index in [0.29, 0.717) is 25.0 Å². The van der Waals surface area contributed by atoms with Crippen molar-refractivity contribution in [2.24, 2.45) is 0 Å². The highest BCUT2D eigenvalue weighted by Gasteiger charge is 2.33. The number of likely N-dealkylation sites (N-methyl/N-ethyl adjacent to an activating group) is 1. The Labute approximate surface area is 246 Å². The van der Waals surface area contributed by atoms with Crippen LogP contribution in [-0.4, -0.2) is 93.7 Å². The summed E-state index contributed by atoms with van der Waals surface area (Å²) in [6.07, 6.45) is 7.83. The SMILES string of the molecule is CC(C)c1cnn2c(NCc3cccc(NC(=O)C4CCN4C/C=C/C(=O)N(C)C)c3)nc(NC3CCOCC3)nc12. The van der Waals surface area contributed by atoms with Crippen LogP contribution >= 0.6 is 0 Å². The minimum Gasteiger partial charge on any atom is -0.381 e. The third-order valence-electron chi connectivity index (χ3n) is 7.69. The molecule has 0 bridgehead atoms. The Bertz CT molecular complexity index is 1430.